The summed E-state index contributed by atoms with van der Waals surface area (Å²) in [6.07, 6.45) is 7.07. The summed E-state index contributed by atoms with van der Waals surface area (Å²) >= 11 is 0. The molecule has 7 heteroatoms. The Hall–Kier alpha value is -2.82. The van der Waals surface area contributed by atoms with Crippen molar-refractivity contribution in [2.24, 2.45) is 11.8 Å². The van der Waals surface area contributed by atoms with Crippen molar-refractivity contribution in [2.45, 2.75) is 65.1 Å². The lowest BCUT2D eigenvalue weighted by Gasteiger charge is -2.32. The topological polar surface area (TPSA) is 70.5 Å². The lowest BCUT2D eigenvalue weighted by Crippen LogP contribution is -2.34. The second-order valence-corrected chi connectivity index (χ2v) is 10.9. The van der Waals surface area contributed by atoms with Gasteiger partial charge in [-0.1, -0.05) is 5.16 Å². The Bertz CT molecular complexity index is 1210. The number of hydrogen-bond acceptors (Lipinski definition) is 6. The van der Waals surface area contributed by atoms with Crippen molar-refractivity contribution >= 4 is 11.0 Å². The molecule has 192 valence electrons. The molecule has 0 amide bonds. The zero-order valence-corrected chi connectivity index (χ0v) is 22.0. The molecule has 0 spiro atoms. The van der Waals surface area contributed by atoms with E-state index >= 15 is 0 Å². The molecule has 1 saturated carbocycles. The van der Waals surface area contributed by atoms with Gasteiger partial charge in [0.2, 0.25) is 0 Å². The van der Waals surface area contributed by atoms with Crippen LogP contribution in [0.15, 0.2) is 28.8 Å². The van der Waals surface area contributed by atoms with Crippen LogP contribution in [0, 0.1) is 23.2 Å². The molecule has 2 fully saturated rings. The van der Waals surface area contributed by atoms with Crippen molar-refractivity contribution in [2.75, 3.05) is 33.8 Å². The maximum Gasteiger partial charge on any atom is 0.175 e. The Kier molecular flexibility index (Phi) is 7.64. The van der Waals surface area contributed by atoms with Gasteiger partial charge >= 0.3 is 0 Å². The molecule has 7 nitrogen and oxygen atoms in total. The predicted molar refractivity (Wildman–Crippen MR) is 141 cm³/mol. The SMILES string of the molecule is CCn1c(C#N)ccc1CN1CCC(CCc2noc3c(CN(C)C)c(OCC4CC4)ccc23)CC1. The van der Waals surface area contributed by atoms with Crippen molar-refractivity contribution in [3.63, 3.8) is 0 Å². The van der Waals surface area contributed by atoms with Crippen LogP contribution in [-0.2, 0) is 26.1 Å². The van der Waals surface area contributed by atoms with E-state index in [0.717, 1.165) is 91.8 Å². The molecule has 1 aliphatic heterocycles. The first kappa shape index (κ1) is 24.9. The Balaban J connectivity index is 1.18. The van der Waals surface area contributed by atoms with Crippen molar-refractivity contribution in [1.82, 2.24) is 19.5 Å². The molecule has 1 aromatic carbocycles. The standard InChI is InChI=1S/C29H39N5O2/c1-4-34-23(17-30)8-9-24(34)18-33-15-13-21(14-16-33)7-11-27-25-10-12-28(35-20-22-5-6-22)26(19-32(2)3)29(25)36-31-27/h8-10,12,21-22H,4-7,11,13-16,18-20H2,1-3H3. The van der Waals surface area contributed by atoms with Gasteiger partial charge in [-0.3, -0.25) is 4.90 Å². The average molecular weight is 490 g/mol. The monoisotopic (exact) mass is 489 g/mol. The maximum atomic E-state index is 9.32. The van der Waals surface area contributed by atoms with Gasteiger partial charge in [-0.15, -0.1) is 0 Å². The van der Waals surface area contributed by atoms with Gasteiger partial charge in [0.15, 0.2) is 5.58 Å². The quantitative estimate of drug-likeness (QED) is 0.368. The summed E-state index contributed by atoms with van der Waals surface area (Å²) in [6.45, 7) is 7.67. The number of hydrogen-bond donors (Lipinski definition) is 0. The second-order valence-electron chi connectivity index (χ2n) is 10.9. The summed E-state index contributed by atoms with van der Waals surface area (Å²) < 4.78 is 14.2. The fourth-order valence-electron chi connectivity index (χ4n) is 5.49. The molecule has 0 unspecified atom stereocenters. The molecule has 3 heterocycles. The number of fused-ring (bicyclic) bond motifs is 1. The highest BCUT2D eigenvalue weighted by molar-refractivity contribution is 5.84. The molecule has 2 aliphatic rings. The van der Waals surface area contributed by atoms with Gasteiger partial charge in [0.25, 0.3) is 0 Å². The van der Waals surface area contributed by atoms with Crippen LogP contribution >= 0.6 is 0 Å². The van der Waals surface area contributed by atoms with E-state index in [2.05, 4.69) is 64.8 Å². The number of aromatic nitrogens is 2. The molecular formula is C29H39N5O2. The van der Waals surface area contributed by atoms with E-state index < -0.39 is 0 Å². The lowest BCUT2D eigenvalue weighted by atomic mass is 9.91. The number of nitriles is 1. The van der Waals surface area contributed by atoms with Crippen molar-refractivity contribution in [1.29, 1.82) is 5.26 Å². The van der Waals surface area contributed by atoms with Gasteiger partial charge in [-0.25, -0.2) is 0 Å². The van der Waals surface area contributed by atoms with E-state index in [1.54, 1.807) is 0 Å². The lowest BCUT2D eigenvalue weighted by molar-refractivity contribution is 0.169. The minimum atomic E-state index is 0.711. The molecule has 1 saturated heterocycles. The Morgan fingerprint density at radius 3 is 2.61 bits per heavy atom. The first-order valence-corrected chi connectivity index (χ1v) is 13.5. The molecule has 1 aliphatic carbocycles. The van der Waals surface area contributed by atoms with Gasteiger partial charge in [-0.05, 0) is 109 Å². The summed E-state index contributed by atoms with van der Waals surface area (Å²) in [6, 6.07) is 10.6. The van der Waals surface area contributed by atoms with Crippen molar-refractivity contribution in [3.8, 4) is 11.8 Å². The van der Waals surface area contributed by atoms with Crippen molar-refractivity contribution in [3.05, 3.63) is 46.9 Å². The number of nitrogens with zero attached hydrogens (tertiary/aromatic N) is 5. The van der Waals surface area contributed by atoms with E-state index in [0.29, 0.717) is 5.92 Å². The van der Waals surface area contributed by atoms with E-state index in [-0.39, 0.29) is 0 Å². The number of ether oxygens (including phenoxy) is 1. The number of likely N-dealkylation sites (tertiary alicyclic amines) is 1. The smallest absolute Gasteiger partial charge is 0.175 e. The number of piperidine rings is 1. The highest BCUT2D eigenvalue weighted by atomic mass is 16.5. The molecule has 0 N–H and O–H groups in total. The predicted octanol–water partition coefficient (Wildman–Crippen LogP) is 5.22. The molecule has 36 heavy (non-hydrogen) atoms. The number of rotatable bonds is 11. The molecule has 0 bridgehead atoms. The van der Waals surface area contributed by atoms with Crippen LogP contribution < -0.4 is 4.74 Å². The highest BCUT2D eigenvalue weighted by Crippen LogP contribution is 2.35. The second kappa shape index (κ2) is 11.1. The van der Waals surface area contributed by atoms with Crippen LogP contribution in [0.25, 0.3) is 11.0 Å². The fourth-order valence-corrected chi connectivity index (χ4v) is 5.49. The van der Waals surface area contributed by atoms with E-state index in [1.165, 1.54) is 31.4 Å². The summed E-state index contributed by atoms with van der Waals surface area (Å²) in [5.74, 6) is 2.37. The third-order valence-corrected chi connectivity index (χ3v) is 7.81. The molecule has 0 radical (unpaired) electrons. The molecule has 3 aromatic rings. The van der Waals surface area contributed by atoms with Crippen LogP contribution in [0.1, 0.15) is 61.7 Å². The molecule has 5 rings (SSSR count). The number of benzene rings is 1. The minimum absolute atomic E-state index is 0.711. The van der Waals surface area contributed by atoms with Gasteiger partial charge < -0.3 is 18.7 Å². The maximum absolute atomic E-state index is 9.32. The third-order valence-electron chi connectivity index (χ3n) is 7.81. The van der Waals surface area contributed by atoms with E-state index in [4.69, 9.17) is 9.26 Å². The molecule has 0 atom stereocenters. The molecule has 2 aromatic heterocycles. The number of aryl methyl sites for hydroxylation is 1. The third kappa shape index (κ3) is 5.61. The zero-order valence-electron chi connectivity index (χ0n) is 22.0. The summed E-state index contributed by atoms with van der Waals surface area (Å²) in [4.78, 5) is 4.69. The Morgan fingerprint density at radius 2 is 1.92 bits per heavy atom. The van der Waals surface area contributed by atoms with E-state index in [9.17, 15) is 5.26 Å². The summed E-state index contributed by atoms with van der Waals surface area (Å²) in [7, 11) is 4.16. The van der Waals surface area contributed by atoms with Gasteiger partial charge in [-0.2, -0.15) is 5.26 Å². The first-order valence-electron chi connectivity index (χ1n) is 13.5. The normalized spacial score (nSPS) is 17.2. The zero-order chi connectivity index (χ0) is 25.1. The summed E-state index contributed by atoms with van der Waals surface area (Å²) in [5.41, 5.74) is 5.08. The largest absolute Gasteiger partial charge is 0.493 e. The van der Waals surface area contributed by atoms with E-state index in [1.807, 2.05) is 6.07 Å². The Morgan fingerprint density at radius 1 is 1.11 bits per heavy atom. The molecular weight excluding hydrogens is 450 g/mol. The van der Waals surface area contributed by atoms with Gasteiger partial charge in [0.05, 0.1) is 17.9 Å². The van der Waals surface area contributed by atoms with Gasteiger partial charge in [0.1, 0.15) is 17.5 Å². The Labute approximate surface area is 214 Å². The average Bonchev–Trinajstić information content (AvgIpc) is 3.49. The van der Waals surface area contributed by atoms with Gasteiger partial charge in [0, 0.05) is 30.7 Å². The highest BCUT2D eigenvalue weighted by Gasteiger charge is 2.25. The van der Waals surface area contributed by atoms with Crippen LogP contribution in [0.5, 0.6) is 5.75 Å². The minimum Gasteiger partial charge on any atom is -0.493 e. The first-order chi connectivity index (χ1) is 17.6. The van der Waals surface area contributed by atoms with Crippen LogP contribution in [0.2, 0.25) is 0 Å². The van der Waals surface area contributed by atoms with Crippen molar-refractivity contribution < 1.29 is 9.26 Å². The summed E-state index contributed by atoms with van der Waals surface area (Å²) in [5, 5.41) is 15.0. The fraction of sp³-hybridized carbons (Fsp3) is 0.586. The van der Waals surface area contributed by atoms with Crippen LogP contribution in [0.4, 0.5) is 0 Å². The van der Waals surface area contributed by atoms with Crippen LogP contribution in [-0.4, -0.2) is 53.3 Å². The van der Waals surface area contributed by atoms with Crippen LogP contribution in [0.3, 0.4) is 0 Å².